The number of rotatable bonds is 6. The zero-order valence-corrected chi connectivity index (χ0v) is 19.1. The standard InChI is InChI=1S/C27H24ClN3O/c1-18-4-8-21(9-5-18)24-13-23(28)12-19(2)25(24)16-32-27(26-15-30-17-31(26)3)22-10-6-20(14-29)7-11-22/h4-13,15,17,27H,16H2,1-3H3. The number of aryl methyl sites for hydroxylation is 3. The first-order chi connectivity index (χ1) is 15.5. The van der Waals surface area contributed by atoms with E-state index >= 15 is 0 Å². The first-order valence-electron chi connectivity index (χ1n) is 10.4. The molecule has 1 heterocycles. The maximum atomic E-state index is 9.15. The Bertz CT molecular complexity index is 1270. The molecule has 0 amide bonds. The maximum absolute atomic E-state index is 9.15. The smallest absolute Gasteiger partial charge is 0.124 e. The van der Waals surface area contributed by atoms with Crippen molar-refractivity contribution in [1.29, 1.82) is 5.26 Å². The van der Waals surface area contributed by atoms with Crippen molar-refractivity contribution in [1.82, 2.24) is 9.55 Å². The Morgan fingerprint density at radius 3 is 2.41 bits per heavy atom. The first-order valence-corrected chi connectivity index (χ1v) is 10.8. The lowest BCUT2D eigenvalue weighted by atomic mass is 9.95. The van der Waals surface area contributed by atoms with Crippen LogP contribution < -0.4 is 0 Å². The third kappa shape index (κ3) is 4.60. The number of benzene rings is 3. The number of ether oxygens (including phenoxy) is 1. The molecule has 0 saturated heterocycles. The second-order valence-electron chi connectivity index (χ2n) is 7.97. The molecule has 0 aliphatic heterocycles. The van der Waals surface area contributed by atoms with E-state index in [0.717, 1.165) is 33.5 Å². The highest BCUT2D eigenvalue weighted by atomic mass is 35.5. The molecule has 1 atom stereocenters. The highest BCUT2D eigenvalue weighted by molar-refractivity contribution is 6.31. The molecule has 160 valence electrons. The Hall–Kier alpha value is -3.39. The minimum atomic E-state index is -0.323. The zero-order chi connectivity index (χ0) is 22.7. The van der Waals surface area contributed by atoms with Crippen molar-refractivity contribution in [3.8, 4) is 17.2 Å². The van der Waals surface area contributed by atoms with Gasteiger partial charge in [-0.05, 0) is 65.9 Å². The molecule has 5 heteroatoms. The van der Waals surface area contributed by atoms with Gasteiger partial charge in [-0.25, -0.2) is 4.98 Å². The molecule has 4 nitrogen and oxygen atoms in total. The van der Waals surface area contributed by atoms with E-state index in [2.05, 4.69) is 49.2 Å². The summed E-state index contributed by atoms with van der Waals surface area (Å²) in [6.45, 7) is 4.54. The highest BCUT2D eigenvalue weighted by Gasteiger charge is 2.20. The number of halogens is 1. The molecule has 0 bridgehead atoms. The summed E-state index contributed by atoms with van der Waals surface area (Å²) in [5.74, 6) is 0. The monoisotopic (exact) mass is 441 g/mol. The van der Waals surface area contributed by atoms with E-state index in [0.29, 0.717) is 17.2 Å². The van der Waals surface area contributed by atoms with Crippen LogP contribution in [0, 0.1) is 25.2 Å². The van der Waals surface area contributed by atoms with Crippen molar-refractivity contribution < 1.29 is 4.74 Å². The highest BCUT2D eigenvalue weighted by Crippen LogP contribution is 2.33. The summed E-state index contributed by atoms with van der Waals surface area (Å²) in [4.78, 5) is 4.27. The van der Waals surface area contributed by atoms with Gasteiger partial charge in [0.15, 0.2) is 0 Å². The molecule has 0 aliphatic rings. The molecule has 0 radical (unpaired) electrons. The molecule has 0 aliphatic carbocycles. The minimum absolute atomic E-state index is 0.323. The van der Waals surface area contributed by atoms with Crippen LogP contribution in [0.2, 0.25) is 5.02 Å². The second-order valence-corrected chi connectivity index (χ2v) is 8.41. The van der Waals surface area contributed by atoms with Crippen LogP contribution in [0.4, 0.5) is 0 Å². The average molecular weight is 442 g/mol. The van der Waals surface area contributed by atoms with Gasteiger partial charge in [-0.1, -0.05) is 53.6 Å². The number of hydrogen-bond donors (Lipinski definition) is 0. The number of nitrogens with zero attached hydrogens (tertiary/aromatic N) is 3. The van der Waals surface area contributed by atoms with E-state index in [4.69, 9.17) is 21.6 Å². The second kappa shape index (κ2) is 9.40. The van der Waals surface area contributed by atoms with Crippen molar-refractivity contribution >= 4 is 11.6 Å². The quantitative estimate of drug-likeness (QED) is 0.341. The Kier molecular flexibility index (Phi) is 6.41. The largest absolute Gasteiger partial charge is 0.362 e. The predicted octanol–water partition coefficient (Wildman–Crippen LogP) is 6.54. The summed E-state index contributed by atoms with van der Waals surface area (Å²) in [7, 11) is 1.95. The topological polar surface area (TPSA) is 50.8 Å². The van der Waals surface area contributed by atoms with E-state index < -0.39 is 0 Å². The van der Waals surface area contributed by atoms with E-state index in [1.165, 1.54) is 5.56 Å². The summed E-state index contributed by atoms with van der Waals surface area (Å²) in [6.07, 6.45) is 3.26. The predicted molar refractivity (Wildman–Crippen MR) is 127 cm³/mol. The summed E-state index contributed by atoms with van der Waals surface area (Å²) < 4.78 is 8.49. The fourth-order valence-corrected chi connectivity index (χ4v) is 4.10. The van der Waals surface area contributed by atoms with Crippen LogP contribution in [0.15, 0.2) is 73.2 Å². The first kappa shape index (κ1) is 21.8. The summed E-state index contributed by atoms with van der Waals surface area (Å²) in [6, 6.07) is 22.1. The normalized spacial score (nSPS) is 11.8. The van der Waals surface area contributed by atoms with Gasteiger partial charge in [0.05, 0.1) is 36.5 Å². The minimum Gasteiger partial charge on any atom is -0.362 e. The molecule has 0 saturated carbocycles. The summed E-state index contributed by atoms with van der Waals surface area (Å²) in [5.41, 5.74) is 8.09. The number of imidazole rings is 1. The Balaban J connectivity index is 1.71. The van der Waals surface area contributed by atoms with E-state index in [9.17, 15) is 0 Å². The van der Waals surface area contributed by atoms with Crippen LogP contribution >= 0.6 is 11.6 Å². The maximum Gasteiger partial charge on any atom is 0.124 e. The Labute approximate surface area is 193 Å². The van der Waals surface area contributed by atoms with Crippen LogP contribution in [-0.2, 0) is 18.4 Å². The molecule has 1 unspecified atom stereocenters. The van der Waals surface area contributed by atoms with Crippen LogP contribution in [0.25, 0.3) is 11.1 Å². The van der Waals surface area contributed by atoms with Gasteiger partial charge in [-0.2, -0.15) is 5.26 Å². The number of nitriles is 1. The Morgan fingerprint density at radius 2 is 1.78 bits per heavy atom. The fourth-order valence-electron chi connectivity index (χ4n) is 3.83. The molecule has 0 fully saturated rings. The molecule has 4 rings (SSSR count). The van der Waals surface area contributed by atoms with Crippen LogP contribution in [0.3, 0.4) is 0 Å². The molecule has 3 aromatic carbocycles. The van der Waals surface area contributed by atoms with Gasteiger partial charge in [-0.3, -0.25) is 0 Å². The number of hydrogen-bond acceptors (Lipinski definition) is 3. The van der Waals surface area contributed by atoms with Crippen molar-refractivity contribution in [3.05, 3.63) is 112 Å². The Morgan fingerprint density at radius 1 is 1.06 bits per heavy atom. The van der Waals surface area contributed by atoms with Crippen LogP contribution in [0.1, 0.15) is 39.6 Å². The molecular weight excluding hydrogens is 418 g/mol. The van der Waals surface area contributed by atoms with Gasteiger partial charge in [0.1, 0.15) is 6.10 Å². The molecule has 0 spiro atoms. The van der Waals surface area contributed by atoms with Gasteiger partial charge in [0.2, 0.25) is 0 Å². The number of aromatic nitrogens is 2. The average Bonchev–Trinajstić information content (AvgIpc) is 3.21. The lowest BCUT2D eigenvalue weighted by molar-refractivity contribution is 0.0621. The SMILES string of the molecule is Cc1ccc(-c2cc(Cl)cc(C)c2COC(c2ccc(C#N)cc2)c2cncn2C)cc1. The lowest BCUT2D eigenvalue weighted by Gasteiger charge is -2.21. The van der Waals surface area contributed by atoms with E-state index in [1.54, 1.807) is 6.33 Å². The van der Waals surface area contributed by atoms with Gasteiger partial charge < -0.3 is 9.30 Å². The van der Waals surface area contributed by atoms with Gasteiger partial charge in [0.25, 0.3) is 0 Å². The fraction of sp³-hybridized carbons (Fsp3) is 0.185. The molecule has 32 heavy (non-hydrogen) atoms. The van der Waals surface area contributed by atoms with Crippen LogP contribution in [0.5, 0.6) is 0 Å². The zero-order valence-electron chi connectivity index (χ0n) is 18.3. The van der Waals surface area contributed by atoms with E-state index in [1.807, 2.05) is 54.2 Å². The lowest BCUT2D eigenvalue weighted by Crippen LogP contribution is -2.11. The molecule has 4 aromatic rings. The van der Waals surface area contributed by atoms with Crippen LogP contribution in [-0.4, -0.2) is 9.55 Å². The molecular formula is C27H24ClN3O. The van der Waals surface area contributed by atoms with Crippen molar-refractivity contribution in [2.24, 2.45) is 7.05 Å². The van der Waals surface area contributed by atoms with Gasteiger partial charge in [0, 0.05) is 12.1 Å². The van der Waals surface area contributed by atoms with E-state index in [-0.39, 0.29) is 6.10 Å². The summed E-state index contributed by atoms with van der Waals surface area (Å²) >= 11 is 6.41. The van der Waals surface area contributed by atoms with Crippen molar-refractivity contribution in [3.63, 3.8) is 0 Å². The van der Waals surface area contributed by atoms with Crippen molar-refractivity contribution in [2.75, 3.05) is 0 Å². The summed E-state index contributed by atoms with van der Waals surface area (Å²) in [5, 5.41) is 9.86. The third-order valence-corrected chi connectivity index (χ3v) is 5.88. The van der Waals surface area contributed by atoms with Crippen molar-refractivity contribution in [2.45, 2.75) is 26.6 Å². The van der Waals surface area contributed by atoms with Gasteiger partial charge >= 0.3 is 0 Å². The molecule has 1 aromatic heterocycles. The third-order valence-electron chi connectivity index (χ3n) is 5.66. The van der Waals surface area contributed by atoms with Gasteiger partial charge in [-0.15, -0.1) is 0 Å². The molecule has 0 N–H and O–H groups in total.